The number of aliphatic hydroxyl groups excluding tert-OH is 2. The van der Waals surface area contributed by atoms with Crippen LogP contribution >= 0.6 is 0 Å². The molecule has 16 heteroatoms. The number of sulfonamides is 1. The van der Waals surface area contributed by atoms with Crippen LogP contribution in [0.3, 0.4) is 0 Å². The highest BCUT2D eigenvalue weighted by molar-refractivity contribution is 7.89. The van der Waals surface area contributed by atoms with Gasteiger partial charge in [-0.1, -0.05) is 19.8 Å². The van der Waals surface area contributed by atoms with E-state index in [0.717, 1.165) is 19.3 Å². The molecule has 1 unspecified atom stereocenters. The molecule has 1 aliphatic rings. The lowest BCUT2D eigenvalue weighted by atomic mass is 10.1. The molecule has 0 bridgehead atoms. The third-order valence-corrected chi connectivity index (χ3v) is 7.68. The SMILES string of the molecule is CCCCCNS(=O)(=O)c1ccc(NC(=O)Nc2ncnc3c2ncn3C2O[C@H](C(=O)NCC)[C@@H](O)[C@H]2O)cc1. The first kappa shape index (κ1) is 29.3. The number of imidazole rings is 1. The van der Waals surface area contributed by atoms with Crippen LogP contribution in [-0.4, -0.2) is 81.5 Å². The van der Waals surface area contributed by atoms with Gasteiger partial charge in [-0.25, -0.2) is 32.9 Å². The standard InChI is InChI=1S/C24H32N8O7S/c1-3-5-6-11-29-40(37,38)15-9-7-14(8-10-15)30-24(36)31-20-16-21(27-12-26-20)32(13-28-16)23-18(34)17(33)19(39-23)22(35)25-4-2/h7-10,12-13,17-19,23,29,33-34H,3-6,11H2,1-2H3,(H,25,35)(H2,26,27,30,31,36)/t17-,18+,19-,23?/m0/s1. The highest BCUT2D eigenvalue weighted by Gasteiger charge is 2.47. The van der Waals surface area contributed by atoms with E-state index in [2.05, 4.69) is 35.6 Å². The number of hydrogen-bond donors (Lipinski definition) is 6. The number of aromatic nitrogens is 4. The first-order valence-electron chi connectivity index (χ1n) is 12.8. The maximum atomic E-state index is 12.7. The highest BCUT2D eigenvalue weighted by atomic mass is 32.2. The molecule has 1 aliphatic heterocycles. The van der Waals surface area contributed by atoms with Crippen LogP contribution in [0.25, 0.3) is 11.2 Å². The molecule has 216 valence electrons. The summed E-state index contributed by atoms with van der Waals surface area (Å²) in [6.07, 6.45) is -0.264. The van der Waals surface area contributed by atoms with Crippen LogP contribution in [0, 0.1) is 0 Å². The normalized spacial score (nSPS) is 20.9. The number of carbonyl (C=O) groups is 2. The summed E-state index contributed by atoms with van der Waals surface area (Å²) >= 11 is 0. The Balaban J connectivity index is 1.43. The van der Waals surface area contributed by atoms with Crippen LogP contribution < -0.4 is 20.7 Å². The maximum absolute atomic E-state index is 12.7. The van der Waals surface area contributed by atoms with E-state index in [1.54, 1.807) is 6.92 Å². The molecule has 1 saturated heterocycles. The Hall–Kier alpha value is -3.70. The number of urea groups is 1. The van der Waals surface area contributed by atoms with Gasteiger partial charge in [-0.15, -0.1) is 0 Å². The van der Waals surface area contributed by atoms with E-state index in [4.69, 9.17) is 4.74 Å². The number of unbranched alkanes of at least 4 members (excludes halogenated alkanes) is 2. The van der Waals surface area contributed by atoms with E-state index >= 15 is 0 Å². The zero-order valence-electron chi connectivity index (χ0n) is 21.9. The van der Waals surface area contributed by atoms with E-state index in [1.165, 1.54) is 41.5 Å². The molecule has 0 saturated carbocycles. The fourth-order valence-corrected chi connectivity index (χ4v) is 5.24. The van der Waals surface area contributed by atoms with Gasteiger partial charge in [-0.05, 0) is 37.6 Å². The molecule has 0 aliphatic carbocycles. The summed E-state index contributed by atoms with van der Waals surface area (Å²) in [4.78, 5) is 37.3. The molecule has 0 spiro atoms. The first-order valence-corrected chi connectivity index (χ1v) is 14.3. The Morgan fingerprint density at radius 1 is 1.02 bits per heavy atom. The number of benzene rings is 1. The van der Waals surface area contributed by atoms with Crippen molar-refractivity contribution in [3.63, 3.8) is 0 Å². The van der Waals surface area contributed by atoms with Gasteiger partial charge in [-0.2, -0.15) is 0 Å². The van der Waals surface area contributed by atoms with Crippen LogP contribution in [0.5, 0.6) is 0 Å². The summed E-state index contributed by atoms with van der Waals surface area (Å²) in [6, 6.07) is 5.01. The summed E-state index contributed by atoms with van der Waals surface area (Å²) in [5, 5.41) is 28.5. The number of fused-ring (bicyclic) bond motifs is 1. The zero-order valence-corrected chi connectivity index (χ0v) is 22.8. The number of ether oxygens (including phenoxy) is 1. The number of anilines is 2. The smallest absolute Gasteiger partial charge is 0.324 e. The minimum Gasteiger partial charge on any atom is -0.387 e. The molecular formula is C24H32N8O7S. The lowest BCUT2D eigenvalue weighted by molar-refractivity contribution is -0.137. The molecule has 4 atom stereocenters. The van der Waals surface area contributed by atoms with Gasteiger partial charge in [0.05, 0.1) is 11.2 Å². The second-order valence-corrected chi connectivity index (χ2v) is 10.8. The van der Waals surface area contributed by atoms with E-state index in [-0.39, 0.29) is 21.9 Å². The van der Waals surface area contributed by atoms with Crippen molar-refractivity contribution in [2.75, 3.05) is 23.7 Å². The molecule has 2 aromatic heterocycles. The third kappa shape index (κ3) is 6.37. The molecule has 3 amide bonds. The van der Waals surface area contributed by atoms with Crippen LogP contribution in [0.2, 0.25) is 0 Å². The number of rotatable bonds is 11. The Morgan fingerprint density at radius 3 is 2.48 bits per heavy atom. The van der Waals surface area contributed by atoms with Crippen molar-refractivity contribution in [2.24, 2.45) is 0 Å². The van der Waals surface area contributed by atoms with Crippen molar-refractivity contribution < 1.29 is 33.0 Å². The number of aliphatic hydroxyl groups is 2. The highest BCUT2D eigenvalue weighted by Crippen LogP contribution is 2.32. The van der Waals surface area contributed by atoms with Gasteiger partial charge < -0.3 is 25.6 Å². The van der Waals surface area contributed by atoms with Crippen molar-refractivity contribution >= 4 is 44.6 Å². The molecular weight excluding hydrogens is 544 g/mol. The molecule has 3 aromatic rings. The van der Waals surface area contributed by atoms with Crippen molar-refractivity contribution in [1.29, 1.82) is 0 Å². The largest absolute Gasteiger partial charge is 0.387 e. The topological polar surface area (TPSA) is 210 Å². The molecule has 1 fully saturated rings. The van der Waals surface area contributed by atoms with Crippen molar-refractivity contribution in [3.05, 3.63) is 36.9 Å². The lowest BCUT2D eigenvalue weighted by Gasteiger charge is -2.16. The van der Waals surface area contributed by atoms with Crippen molar-refractivity contribution in [3.8, 4) is 0 Å². The molecule has 0 radical (unpaired) electrons. The monoisotopic (exact) mass is 576 g/mol. The zero-order chi connectivity index (χ0) is 28.9. The number of carbonyl (C=O) groups excluding carboxylic acids is 2. The Kier molecular flexibility index (Phi) is 9.26. The van der Waals surface area contributed by atoms with Gasteiger partial charge in [-0.3, -0.25) is 14.7 Å². The number of hydrogen-bond acceptors (Lipinski definition) is 10. The summed E-state index contributed by atoms with van der Waals surface area (Å²) in [5.74, 6) is -0.520. The number of nitrogens with one attached hydrogen (secondary N) is 4. The number of amides is 3. The second-order valence-electron chi connectivity index (χ2n) is 9.08. The quantitative estimate of drug-likeness (QED) is 0.176. The molecule has 6 N–H and O–H groups in total. The van der Waals surface area contributed by atoms with Gasteiger partial charge >= 0.3 is 6.03 Å². The molecule has 4 rings (SSSR count). The van der Waals surface area contributed by atoms with Gasteiger partial charge in [0.15, 0.2) is 29.3 Å². The molecule has 1 aromatic carbocycles. The van der Waals surface area contributed by atoms with Gasteiger partial charge in [0.1, 0.15) is 18.5 Å². The lowest BCUT2D eigenvalue weighted by Crippen LogP contribution is -2.42. The van der Waals surface area contributed by atoms with Gasteiger partial charge in [0.25, 0.3) is 5.91 Å². The summed E-state index contributed by atoms with van der Waals surface area (Å²) in [5.41, 5.74) is 0.685. The average Bonchev–Trinajstić information content (AvgIpc) is 3.48. The minimum atomic E-state index is -3.65. The van der Waals surface area contributed by atoms with E-state index in [1.807, 2.05) is 6.92 Å². The van der Waals surface area contributed by atoms with Crippen molar-refractivity contribution in [2.45, 2.75) is 62.5 Å². The predicted octanol–water partition coefficient (Wildman–Crippen LogP) is 0.694. The Bertz CT molecular complexity index is 1450. The number of likely N-dealkylation sites (N-methyl/N-ethyl adjacent to an activating group) is 1. The second kappa shape index (κ2) is 12.6. The van der Waals surface area contributed by atoms with Crippen LogP contribution in [0.1, 0.15) is 39.3 Å². The minimum absolute atomic E-state index is 0.0463. The van der Waals surface area contributed by atoms with Crippen molar-refractivity contribution in [1.82, 2.24) is 29.6 Å². The summed E-state index contributed by atoms with van der Waals surface area (Å²) in [6.45, 7) is 4.42. The van der Waals surface area contributed by atoms with E-state index in [9.17, 15) is 28.2 Å². The molecule has 15 nitrogen and oxygen atoms in total. The van der Waals surface area contributed by atoms with E-state index < -0.39 is 46.5 Å². The van der Waals surface area contributed by atoms with Crippen LogP contribution in [-0.2, 0) is 19.6 Å². The van der Waals surface area contributed by atoms with Gasteiger partial charge in [0, 0.05) is 18.8 Å². The van der Waals surface area contributed by atoms with E-state index in [0.29, 0.717) is 18.8 Å². The summed E-state index contributed by atoms with van der Waals surface area (Å²) < 4.78 is 34.3. The maximum Gasteiger partial charge on any atom is 0.324 e. The molecule has 40 heavy (non-hydrogen) atoms. The Labute approximate surface area is 230 Å². The predicted molar refractivity (Wildman–Crippen MR) is 144 cm³/mol. The fourth-order valence-electron chi connectivity index (χ4n) is 4.16. The fraction of sp³-hybridized carbons (Fsp3) is 0.458. The van der Waals surface area contributed by atoms with Crippen LogP contribution in [0.15, 0.2) is 41.8 Å². The Morgan fingerprint density at radius 2 is 1.77 bits per heavy atom. The number of nitrogens with zero attached hydrogens (tertiary/aromatic N) is 4. The van der Waals surface area contributed by atoms with Gasteiger partial charge in [0.2, 0.25) is 10.0 Å². The average molecular weight is 577 g/mol. The first-order chi connectivity index (χ1) is 19.2. The van der Waals surface area contributed by atoms with Crippen LogP contribution in [0.4, 0.5) is 16.3 Å². The third-order valence-electron chi connectivity index (χ3n) is 6.21. The molecule has 3 heterocycles. The summed E-state index contributed by atoms with van der Waals surface area (Å²) in [7, 11) is -3.65.